The van der Waals surface area contributed by atoms with Crippen molar-refractivity contribution in [3.63, 3.8) is 0 Å². The number of hydrogen-bond acceptors (Lipinski definition) is 5. The van der Waals surface area contributed by atoms with Gasteiger partial charge in [-0.1, -0.05) is 12.1 Å². The molecule has 1 heterocycles. The molecule has 0 N–H and O–H groups in total. The van der Waals surface area contributed by atoms with Crippen molar-refractivity contribution >= 4 is 40.5 Å². The van der Waals surface area contributed by atoms with Crippen LogP contribution >= 0.6 is 22.6 Å². The highest BCUT2D eigenvalue weighted by Gasteiger charge is 2.24. The highest BCUT2D eigenvalue weighted by molar-refractivity contribution is 14.1. The van der Waals surface area contributed by atoms with E-state index in [1.165, 1.54) is 0 Å². The van der Waals surface area contributed by atoms with E-state index in [1.54, 1.807) is 6.08 Å². The van der Waals surface area contributed by atoms with Gasteiger partial charge in [0, 0.05) is 9.13 Å². The lowest BCUT2D eigenvalue weighted by atomic mass is 10.1. The van der Waals surface area contributed by atoms with E-state index in [9.17, 15) is 4.79 Å². The van der Waals surface area contributed by atoms with E-state index < -0.39 is 5.97 Å². The maximum Gasteiger partial charge on any atom is 0.363 e. The summed E-state index contributed by atoms with van der Waals surface area (Å²) in [5.41, 5.74) is 1.82. The summed E-state index contributed by atoms with van der Waals surface area (Å²) in [6, 6.07) is 13.1. The lowest BCUT2D eigenvalue weighted by molar-refractivity contribution is -0.129. The van der Waals surface area contributed by atoms with E-state index in [0.717, 1.165) is 14.7 Å². The first-order chi connectivity index (χ1) is 12.6. The van der Waals surface area contributed by atoms with Gasteiger partial charge in [-0.3, -0.25) is 0 Å². The number of nitrogens with zero attached hydrogens (tertiary/aromatic N) is 1. The molecule has 0 radical (unpaired) electrons. The minimum Gasteiger partial charge on any atom is -0.490 e. The lowest BCUT2D eigenvalue weighted by Gasteiger charge is -2.11. The number of hydrogen-bond donors (Lipinski definition) is 0. The van der Waals surface area contributed by atoms with Gasteiger partial charge in [-0.25, -0.2) is 9.79 Å². The molecule has 1 aliphatic heterocycles. The average Bonchev–Trinajstić information content (AvgIpc) is 2.98. The maximum absolute atomic E-state index is 12.2. The summed E-state index contributed by atoms with van der Waals surface area (Å²) >= 11 is 2.21. The van der Waals surface area contributed by atoms with Crippen LogP contribution in [0.4, 0.5) is 0 Å². The third-order valence-corrected chi connectivity index (χ3v) is 4.23. The molecule has 1 aliphatic rings. The second-order valence-corrected chi connectivity index (χ2v) is 6.66. The van der Waals surface area contributed by atoms with Crippen LogP contribution < -0.4 is 9.47 Å². The van der Waals surface area contributed by atoms with Gasteiger partial charge in [-0.2, -0.15) is 0 Å². The molecule has 2 aromatic rings. The van der Waals surface area contributed by atoms with E-state index in [-0.39, 0.29) is 5.70 Å². The van der Waals surface area contributed by atoms with Gasteiger partial charge in [0.15, 0.2) is 17.2 Å². The molecule has 0 aliphatic carbocycles. The Balaban J connectivity index is 1.91. The Morgan fingerprint density at radius 1 is 1.08 bits per heavy atom. The summed E-state index contributed by atoms with van der Waals surface area (Å²) in [5, 5.41) is 0. The number of halogens is 1. The summed E-state index contributed by atoms with van der Waals surface area (Å²) in [6.07, 6.45) is 1.68. The molecule has 0 atom stereocenters. The number of cyclic esters (lactones) is 1. The molecule has 6 heteroatoms. The molecule has 0 bridgehead atoms. The Kier molecular flexibility index (Phi) is 5.92. The fourth-order valence-electron chi connectivity index (χ4n) is 2.47. The van der Waals surface area contributed by atoms with Gasteiger partial charge < -0.3 is 14.2 Å². The molecule has 0 amide bonds. The number of carbonyl (C=O) groups is 1. The molecular weight excluding hydrogens is 445 g/mol. The van der Waals surface area contributed by atoms with Crippen molar-refractivity contribution in [1.29, 1.82) is 0 Å². The predicted molar refractivity (Wildman–Crippen MR) is 109 cm³/mol. The van der Waals surface area contributed by atoms with Crippen LogP contribution in [-0.4, -0.2) is 25.1 Å². The van der Waals surface area contributed by atoms with Crippen molar-refractivity contribution in [2.75, 3.05) is 13.2 Å². The van der Waals surface area contributed by atoms with Gasteiger partial charge in [0.25, 0.3) is 0 Å². The van der Waals surface area contributed by atoms with Crippen LogP contribution in [0.25, 0.3) is 6.08 Å². The molecule has 26 heavy (non-hydrogen) atoms. The number of rotatable bonds is 6. The minimum atomic E-state index is -0.467. The summed E-state index contributed by atoms with van der Waals surface area (Å²) in [7, 11) is 0. The molecule has 134 valence electrons. The predicted octanol–water partition coefficient (Wildman–Crippen LogP) is 4.43. The number of benzene rings is 2. The number of ether oxygens (including phenoxy) is 3. The number of carbonyl (C=O) groups excluding carboxylic acids is 1. The first-order valence-electron chi connectivity index (χ1n) is 8.29. The fourth-order valence-corrected chi connectivity index (χ4v) is 3.01. The second kappa shape index (κ2) is 8.35. The van der Waals surface area contributed by atoms with Crippen molar-refractivity contribution in [2.45, 2.75) is 13.8 Å². The van der Waals surface area contributed by atoms with E-state index in [4.69, 9.17) is 14.2 Å². The zero-order valence-electron chi connectivity index (χ0n) is 14.5. The fraction of sp³-hybridized carbons (Fsp3) is 0.200. The van der Waals surface area contributed by atoms with Gasteiger partial charge in [-0.15, -0.1) is 0 Å². The molecule has 0 saturated carbocycles. The number of esters is 1. The van der Waals surface area contributed by atoms with Gasteiger partial charge in [0.1, 0.15) is 0 Å². The summed E-state index contributed by atoms with van der Waals surface area (Å²) in [6.45, 7) is 4.90. The maximum atomic E-state index is 12.2. The zero-order valence-corrected chi connectivity index (χ0v) is 16.6. The molecule has 0 saturated heterocycles. The molecule has 5 nitrogen and oxygen atoms in total. The smallest absolute Gasteiger partial charge is 0.363 e. The topological polar surface area (TPSA) is 57.1 Å². The largest absolute Gasteiger partial charge is 0.490 e. The Labute approximate surface area is 165 Å². The minimum absolute atomic E-state index is 0.255. The molecule has 0 spiro atoms. The summed E-state index contributed by atoms with van der Waals surface area (Å²) in [5.74, 6) is 1.16. The van der Waals surface area contributed by atoms with Crippen LogP contribution in [0.5, 0.6) is 11.5 Å². The molecule has 0 aromatic heterocycles. The van der Waals surface area contributed by atoms with E-state index >= 15 is 0 Å². The van der Waals surface area contributed by atoms with Crippen LogP contribution in [0.15, 0.2) is 53.2 Å². The van der Waals surface area contributed by atoms with E-state index in [2.05, 4.69) is 27.6 Å². The van der Waals surface area contributed by atoms with Crippen LogP contribution in [0.1, 0.15) is 25.0 Å². The van der Waals surface area contributed by atoms with Crippen LogP contribution in [0, 0.1) is 3.57 Å². The van der Waals surface area contributed by atoms with Crippen molar-refractivity contribution in [3.05, 3.63) is 62.9 Å². The quantitative estimate of drug-likeness (QED) is 0.361. The Hall–Kier alpha value is -2.35. The lowest BCUT2D eigenvalue weighted by Crippen LogP contribution is -2.05. The monoisotopic (exact) mass is 463 g/mol. The average molecular weight is 463 g/mol. The van der Waals surface area contributed by atoms with Gasteiger partial charge in [-0.05, 0) is 78.4 Å². The Morgan fingerprint density at radius 2 is 1.85 bits per heavy atom. The normalized spacial score (nSPS) is 15.0. The first-order valence-corrected chi connectivity index (χ1v) is 9.36. The van der Waals surface area contributed by atoms with Gasteiger partial charge in [0.05, 0.1) is 13.2 Å². The molecule has 2 aromatic carbocycles. The molecule has 0 unspecified atom stereocenters. The molecule has 3 rings (SSSR count). The standard InChI is InChI=1S/C20H18INO4/c1-3-24-17-9-8-13(11-18(17)25-4-2)10-16-20(23)26-19(22-16)14-6-5-7-15(21)12-14/h5-12H,3-4H2,1-2H3. The van der Waals surface area contributed by atoms with Crippen LogP contribution in [0.2, 0.25) is 0 Å². The second-order valence-electron chi connectivity index (χ2n) is 5.42. The third-order valence-electron chi connectivity index (χ3n) is 3.56. The third kappa shape index (κ3) is 4.24. The summed E-state index contributed by atoms with van der Waals surface area (Å²) in [4.78, 5) is 16.5. The van der Waals surface area contributed by atoms with Crippen LogP contribution in [0.3, 0.4) is 0 Å². The number of aliphatic imine (C=N–C) groups is 1. The van der Waals surface area contributed by atoms with E-state index in [0.29, 0.717) is 30.6 Å². The van der Waals surface area contributed by atoms with Crippen molar-refractivity contribution in [3.8, 4) is 11.5 Å². The molecule has 0 fully saturated rings. The first kappa shape index (κ1) is 18.4. The highest BCUT2D eigenvalue weighted by Crippen LogP contribution is 2.30. The molecular formula is C20H18INO4. The Bertz CT molecular complexity index is 889. The van der Waals surface area contributed by atoms with Crippen molar-refractivity contribution in [2.24, 2.45) is 4.99 Å². The SMILES string of the molecule is CCOc1ccc(C=C2N=C(c3cccc(I)c3)OC2=O)cc1OCC. The Morgan fingerprint density at radius 3 is 2.58 bits per heavy atom. The zero-order chi connectivity index (χ0) is 18.5. The van der Waals surface area contributed by atoms with Crippen LogP contribution in [-0.2, 0) is 9.53 Å². The van der Waals surface area contributed by atoms with Gasteiger partial charge >= 0.3 is 5.97 Å². The highest BCUT2D eigenvalue weighted by atomic mass is 127. The summed E-state index contributed by atoms with van der Waals surface area (Å²) < 4.78 is 17.5. The van der Waals surface area contributed by atoms with Crippen molar-refractivity contribution in [1.82, 2.24) is 0 Å². The van der Waals surface area contributed by atoms with E-state index in [1.807, 2.05) is 56.3 Å². The van der Waals surface area contributed by atoms with Gasteiger partial charge in [0.2, 0.25) is 5.90 Å². The van der Waals surface area contributed by atoms with Crippen molar-refractivity contribution < 1.29 is 19.0 Å².